The largest absolute Gasteiger partial charge is 0.494 e. The van der Waals surface area contributed by atoms with Crippen LogP contribution in [0.3, 0.4) is 0 Å². The zero-order chi connectivity index (χ0) is 10.6. The van der Waals surface area contributed by atoms with E-state index >= 15 is 0 Å². The van der Waals surface area contributed by atoms with Crippen LogP contribution in [-0.2, 0) is 14.8 Å². The molecule has 0 unspecified atom stereocenters. The maximum atomic E-state index is 10.9. The minimum atomic E-state index is -3.53. The number of ether oxygens (including phenoxy) is 1. The van der Waals surface area contributed by atoms with E-state index < -0.39 is 9.05 Å². The van der Waals surface area contributed by atoms with Gasteiger partial charge in [0, 0.05) is 16.2 Å². The Morgan fingerprint density at radius 1 is 1.36 bits per heavy atom. The van der Waals surface area contributed by atoms with E-state index in [9.17, 15) is 8.42 Å². The van der Waals surface area contributed by atoms with Crippen molar-refractivity contribution in [2.45, 2.75) is 12.7 Å². The van der Waals surface area contributed by atoms with Crippen LogP contribution in [0.25, 0.3) is 0 Å². The molecular formula is C9H11ClO3S. The van der Waals surface area contributed by atoms with Gasteiger partial charge in [0.2, 0.25) is 9.05 Å². The Balaban J connectivity index is 2.95. The third kappa shape index (κ3) is 3.55. The van der Waals surface area contributed by atoms with Crippen molar-refractivity contribution < 1.29 is 13.2 Å². The van der Waals surface area contributed by atoms with Gasteiger partial charge in [-0.1, -0.05) is 18.2 Å². The van der Waals surface area contributed by atoms with Crippen LogP contribution in [0, 0.1) is 0 Å². The third-order valence-corrected chi connectivity index (χ3v) is 2.58. The number of rotatable bonds is 4. The van der Waals surface area contributed by atoms with E-state index in [0.29, 0.717) is 17.9 Å². The highest BCUT2D eigenvalue weighted by atomic mass is 35.7. The Morgan fingerprint density at radius 2 is 2.00 bits per heavy atom. The van der Waals surface area contributed by atoms with Crippen LogP contribution >= 0.6 is 10.7 Å². The molecule has 0 fully saturated rings. The van der Waals surface area contributed by atoms with Crippen molar-refractivity contribution in [3.63, 3.8) is 0 Å². The van der Waals surface area contributed by atoms with Gasteiger partial charge in [0.1, 0.15) is 5.75 Å². The topological polar surface area (TPSA) is 43.4 Å². The molecule has 78 valence electrons. The van der Waals surface area contributed by atoms with Crippen LogP contribution in [0.5, 0.6) is 5.75 Å². The lowest BCUT2D eigenvalue weighted by atomic mass is 10.2. The highest BCUT2D eigenvalue weighted by Gasteiger charge is 2.11. The predicted molar refractivity (Wildman–Crippen MR) is 56.1 cm³/mol. The summed E-state index contributed by atoms with van der Waals surface area (Å²) >= 11 is 0. The highest BCUT2D eigenvalue weighted by molar-refractivity contribution is 8.13. The van der Waals surface area contributed by atoms with Gasteiger partial charge in [0.25, 0.3) is 0 Å². The number of halogens is 1. The molecule has 1 aromatic rings. The molecule has 0 spiro atoms. The van der Waals surface area contributed by atoms with Crippen molar-refractivity contribution in [3.8, 4) is 5.75 Å². The minimum Gasteiger partial charge on any atom is -0.494 e. The van der Waals surface area contributed by atoms with E-state index in [2.05, 4.69) is 0 Å². The molecule has 1 aromatic carbocycles. The first kappa shape index (κ1) is 11.3. The zero-order valence-corrected chi connectivity index (χ0v) is 9.31. The molecule has 0 N–H and O–H groups in total. The maximum Gasteiger partial charge on any atom is 0.236 e. The summed E-state index contributed by atoms with van der Waals surface area (Å²) in [7, 11) is 1.63. The fourth-order valence-electron chi connectivity index (χ4n) is 1.11. The molecule has 0 radical (unpaired) electrons. The second-order valence-electron chi connectivity index (χ2n) is 2.72. The van der Waals surface area contributed by atoms with Gasteiger partial charge in [0.15, 0.2) is 0 Å². The predicted octanol–water partition coefficient (Wildman–Crippen LogP) is 2.15. The van der Waals surface area contributed by atoms with Gasteiger partial charge in [-0.25, -0.2) is 8.42 Å². The van der Waals surface area contributed by atoms with E-state index in [1.54, 1.807) is 24.3 Å². The molecule has 14 heavy (non-hydrogen) atoms. The van der Waals surface area contributed by atoms with Crippen molar-refractivity contribution in [2.24, 2.45) is 0 Å². The second-order valence-corrected chi connectivity index (χ2v) is 5.50. The summed E-state index contributed by atoms with van der Waals surface area (Å²) in [5.41, 5.74) is 0.587. The molecule has 0 aromatic heterocycles. The maximum absolute atomic E-state index is 10.9. The van der Waals surface area contributed by atoms with Crippen molar-refractivity contribution in [3.05, 3.63) is 29.8 Å². The first-order chi connectivity index (χ1) is 6.53. The molecule has 3 nitrogen and oxygen atoms in total. The Labute approximate surface area is 88.1 Å². The quantitative estimate of drug-likeness (QED) is 0.750. The van der Waals surface area contributed by atoms with Crippen molar-refractivity contribution in [1.29, 1.82) is 0 Å². The minimum absolute atomic E-state index is 0.204. The smallest absolute Gasteiger partial charge is 0.236 e. The van der Waals surface area contributed by atoms with E-state index in [1.807, 2.05) is 6.92 Å². The van der Waals surface area contributed by atoms with Crippen LogP contribution in [-0.4, -0.2) is 15.0 Å². The molecule has 0 atom stereocenters. The normalized spacial score (nSPS) is 11.3. The third-order valence-electron chi connectivity index (χ3n) is 1.60. The van der Waals surface area contributed by atoms with Crippen molar-refractivity contribution in [1.82, 2.24) is 0 Å². The lowest BCUT2D eigenvalue weighted by Gasteiger charge is -2.07. The molecule has 0 amide bonds. The average Bonchev–Trinajstić information content (AvgIpc) is 2.06. The summed E-state index contributed by atoms with van der Waals surface area (Å²) in [5, 5.41) is 0. The van der Waals surface area contributed by atoms with Crippen LogP contribution in [0.1, 0.15) is 12.5 Å². The van der Waals surface area contributed by atoms with Crippen molar-refractivity contribution >= 4 is 19.7 Å². The summed E-state index contributed by atoms with van der Waals surface area (Å²) in [6, 6.07) is 6.95. The molecule has 0 aliphatic carbocycles. The molecule has 0 saturated carbocycles. The zero-order valence-electron chi connectivity index (χ0n) is 7.73. The SMILES string of the molecule is CCOc1ccccc1CS(=O)(=O)Cl. The summed E-state index contributed by atoms with van der Waals surface area (Å²) < 4.78 is 27.0. The number of para-hydroxylation sites is 1. The van der Waals surface area contributed by atoms with Gasteiger partial charge in [-0.2, -0.15) is 0 Å². The Hall–Kier alpha value is -0.740. The number of hydrogen-bond acceptors (Lipinski definition) is 3. The van der Waals surface area contributed by atoms with Crippen molar-refractivity contribution in [2.75, 3.05) is 6.61 Å². The van der Waals surface area contributed by atoms with Crippen LogP contribution in [0.4, 0.5) is 0 Å². The standard InChI is InChI=1S/C9H11ClO3S/c1-2-13-9-6-4-3-5-8(9)7-14(10,11)12/h3-6H,2,7H2,1H3. The Morgan fingerprint density at radius 3 is 2.57 bits per heavy atom. The Bertz CT molecular complexity index is 400. The molecular weight excluding hydrogens is 224 g/mol. The lowest BCUT2D eigenvalue weighted by molar-refractivity contribution is 0.337. The van der Waals surface area contributed by atoms with E-state index in [1.165, 1.54) is 0 Å². The van der Waals surface area contributed by atoms with Crippen LogP contribution in [0.2, 0.25) is 0 Å². The molecule has 0 aliphatic rings. The molecule has 0 bridgehead atoms. The molecule has 0 saturated heterocycles. The summed E-state index contributed by atoms with van der Waals surface area (Å²) in [6.07, 6.45) is 0. The van der Waals surface area contributed by atoms with Gasteiger partial charge in [-0.05, 0) is 13.0 Å². The summed E-state index contributed by atoms with van der Waals surface area (Å²) in [6.45, 7) is 2.34. The first-order valence-corrected chi connectivity index (χ1v) is 6.64. The molecule has 1 rings (SSSR count). The number of hydrogen-bond donors (Lipinski definition) is 0. The molecule has 0 heterocycles. The second kappa shape index (κ2) is 4.66. The first-order valence-electron chi connectivity index (χ1n) is 4.16. The van der Waals surface area contributed by atoms with Gasteiger partial charge in [-0.15, -0.1) is 0 Å². The lowest BCUT2D eigenvalue weighted by Crippen LogP contribution is -2.00. The average molecular weight is 235 g/mol. The highest BCUT2D eigenvalue weighted by Crippen LogP contribution is 2.21. The van der Waals surface area contributed by atoms with Gasteiger partial charge in [0.05, 0.1) is 12.4 Å². The summed E-state index contributed by atoms with van der Waals surface area (Å²) in [5.74, 6) is 0.365. The molecule has 0 aliphatic heterocycles. The van der Waals surface area contributed by atoms with Crippen LogP contribution < -0.4 is 4.74 Å². The fraction of sp³-hybridized carbons (Fsp3) is 0.333. The Kier molecular flexibility index (Phi) is 3.77. The van der Waals surface area contributed by atoms with Gasteiger partial charge < -0.3 is 4.74 Å². The number of benzene rings is 1. The van der Waals surface area contributed by atoms with Crippen LogP contribution in [0.15, 0.2) is 24.3 Å². The monoisotopic (exact) mass is 234 g/mol. The molecule has 5 heteroatoms. The van der Waals surface area contributed by atoms with Gasteiger partial charge in [-0.3, -0.25) is 0 Å². The van der Waals surface area contributed by atoms with E-state index in [0.717, 1.165) is 0 Å². The van der Waals surface area contributed by atoms with E-state index in [-0.39, 0.29) is 5.75 Å². The van der Waals surface area contributed by atoms with Gasteiger partial charge >= 0.3 is 0 Å². The summed E-state index contributed by atoms with van der Waals surface area (Å²) in [4.78, 5) is 0. The van der Waals surface area contributed by atoms with E-state index in [4.69, 9.17) is 15.4 Å². The fourth-order valence-corrected chi connectivity index (χ4v) is 2.07.